The van der Waals surface area contributed by atoms with Crippen molar-refractivity contribution in [2.24, 2.45) is 0 Å². The van der Waals surface area contributed by atoms with Crippen LogP contribution >= 0.6 is 0 Å². The predicted octanol–water partition coefficient (Wildman–Crippen LogP) is 1.79. The third-order valence-corrected chi connectivity index (χ3v) is 2.32. The Bertz CT molecular complexity index is 419. The lowest BCUT2D eigenvalue weighted by Gasteiger charge is -1.84. The van der Waals surface area contributed by atoms with E-state index >= 15 is 0 Å². The van der Waals surface area contributed by atoms with Gasteiger partial charge in [0.15, 0.2) is 0 Å². The first-order valence-electron chi connectivity index (χ1n) is 4.65. The molecular formula is C12H17N. The van der Waals surface area contributed by atoms with Crippen molar-refractivity contribution < 1.29 is 0 Å². The lowest BCUT2D eigenvalue weighted by atomic mass is 10.2. The van der Waals surface area contributed by atoms with E-state index in [0.29, 0.717) is 0 Å². The third kappa shape index (κ3) is 1.92. The van der Waals surface area contributed by atoms with E-state index in [1.54, 1.807) is 0 Å². The van der Waals surface area contributed by atoms with Crippen molar-refractivity contribution in [3.63, 3.8) is 0 Å². The summed E-state index contributed by atoms with van der Waals surface area (Å²) in [6.07, 6.45) is 8.34. The van der Waals surface area contributed by atoms with Crippen molar-refractivity contribution in [3.05, 3.63) is 34.0 Å². The average molecular weight is 175 g/mol. The highest BCUT2D eigenvalue weighted by atomic mass is 14.7. The van der Waals surface area contributed by atoms with E-state index in [1.807, 2.05) is 13.0 Å². The van der Waals surface area contributed by atoms with Crippen LogP contribution in [0.3, 0.4) is 0 Å². The molecule has 0 unspecified atom stereocenters. The summed E-state index contributed by atoms with van der Waals surface area (Å²) in [4.78, 5) is 3.36. The Labute approximate surface area is 79.5 Å². The highest BCUT2D eigenvalue weighted by molar-refractivity contribution is 5.40. The first kappa shape index (κ1) is 9.85. The molecule has 13 heavy (non-hydrogen) atoms. The minimum absolute atomic E-state index is 1.20. The van der Waals surface area contributed by atoms with Gasteiger partial charge in [-0.05, 0) is 44.6 Å². The van der Waals surface area contributed by atoms with Crippen molar-refractivity contribution in [1.29, 1.82) is 0 Å². The Balaban J connectivity index is 3.48. The molecule has 0 atom stereocenters. The van der Waals surface area contributed by atoms with E-state index in [1.165, 1.54) is 21.8 Å². The summed E-state index contributed by atoms with van der Waals surface area (Å²) in [5, 5.41) is 2.52. The second kappa shape index (κ2) is 4.13. The third-order valence-electron chi connectivity index (χ3n) is 2.32. The van der Waals surface area contributed by atoms with Gasteiger partial charge in [-0.1, -0.05) is 18.2 Å². The molecule has 1 heteroatoms. The molecule has 1 aromatic heterocycles. The predicted molar refractivity (Wildman–Crippen MR) is 58.9 cm³/mol. The lowest BCUT2D eigenvalue weighted by Crippen LogP contribution is -2.23. The van der Waals surface area contributed by atoms with Gasteiger partial charge in [-0.2, -0.15) is 0 Å². The Morgan fingerprint density at radius 1 is 1.15 bits per heavy atom. The van der Waals surface area contributed by atoms with Gasteiger partial charge in [-0.25, -0.2) is 0 Å². The molecule has 0 spiro atoms. The van der Waals surface area contributed by atoms with Gasteiger partial charge in [0, 0.05) is 11.0 Å². The van der Waals surface area contributed by atoms with Gasteiger partial charge in [-0.3, -0.25) is 0 Å². The molecule has 0 saturated heterocycles. The van der Waals surface area contributed by atoms with Crippen LogP contribution < -0.4 is 10.6 Å². The summed E-state index contributed by atoms with van der Waals surface area (Å²) in [5.41, 5.74) is 2.60. The van der Waals surface area contributed by atoms with Crippen LogP contribution in [0.5, 0.6) is 0 Å². The van der Waals surface area contributed by atoms with E-state index in [-0.39, 0.29) is 0 Å². The quantitative estimate of drug-likeness (QED) is 0.670. The largest absolute Gasteiger partial charge is 0.358 e. The molecule has 0 aliphatic carbocycles. The topological polar surface area (TPSA) is 15.8 Å². The van der Waals surface area contributed by atoms with E-state index < -0.39 is 0 Å². The Morgan fingerprint density at radius 3 is 2.38 bits per heavy atom. The van der Waals surface area contributed by atoms with Crippen LogP contribution in [0.2, 0.25) is 0 Å². The summed E-state index contributed by atoms with van der Waals surface area (Å²) in [5.74, 6) is 0. The Kier molecular flexibility index (Phi) is 3.13. The molecule has 0 aliphatic rings. The number of aromatic nitrogens is 1. The molecule has 1 nitrogen and oxygen atoms in total. The SMILES string of the molecule is C\C=C/C=c1/[nH]c(C)c(C)/c1=C/C. The van der Waals surface area contributed by atoms with Gasteiger partial charge in [0.25, 0.3) is 0 Å². The maximum atomic E-state index is 3.36. The zero-order chi connectivity index (χ0) is 9.84. The van der Waals surface area contributed by atoms with Gasteiger partial charge in [0.1, 0.15) is 0 Å². The van der Waals surface area contributed by atoms with Gasteiger partial charge < -0.3 is 4.98 Å². The number of aryl methyl sites for hydroxylation is 1. The number of hydrogen-bond donors (Lipinski definition) is 1. The molecule has 0 saturated carbocycles. The molecule has 1 rings (SSSR count). The van der Waals surface area contributed by atoms with E-state index in [4.69, 9.17) is 0 Å². The lowest BCUT2D eigenvalue weighted by molar-refractivity contribution is 1.20. The summed E-state index contributed by atoms with van der Waals surface area (Å²) >= 11 is 0. The molecule has 0 aliphatic heterocycles. The van der Waals surface area contributed by atoms with E-state index in [2.05, 4.69) is 44.0 Å². The van der Waals surface area contributed by atoms with Crippen LogP contribution in [0.15, 0.2) is 12.2 Å². The van der Waals surface area contributed by atoms with Gasteiger partial charge in [-0.15, -0.1) is 0 Å². The molecule has 1 N–H and O–H groups in total. The zero-order valence-electron chi connectivity index (χ0n) is 8.81. The molecule has 0 amide bonds. The highest BCUT2D eigenvalue weighted by Crippen LogP contribution is 1.91. The fourth-order valence-corrected chi connectivity index (χ4v) is 1.46. The fourth-order valence-electron chi connectivity index (χ4n) is 1.46. The second-order valence-corrected chi connectivity index (χ2v) is 3.18. The highest BCUT2D eigenvalue weighted by Gasteiger charge is 1.96. The number of H-pyrrole nitrogens is 1. The van der Waals surface area contributed by atoms with Crippen LogP contribution in [0.4, 0.5) is 0 Å². The standard InChI is InChI=1S/C12H17N/c1-5-7-8-12-11(6-2)9(3)10(4)13-12/h5-8,13H,1-4H3/b7-5-,11-6-,12-8+. The van der Waals surface area contributed by atoms with Crippen molar-refractivity contribution in [3.8, 4) is 0 Å². The minimum Gasteiger partial charge on any atom is -0.358 e. The molecular weight excluding hydrogens is 158 g/mol. The first-order valence-corrected chi connectivity index (χ1v) is 4.65. The number of aromatic amines is 1. The summed E-state index contributed by atoms with van der Waals surface area (Å²) in [7, 11) is 0. The van der Waals surface area contributed by atoms with Gasteiger partial charge in [0.2, 0.25) is 0 Å². The van der Waals surface area contributed by atoms with Crippen LogP contribution in [-0.4, -0.2) is 4.98 Å². The zero-order valence-corrected chi connectivity index (χ0v) is 8.81. The molecule has 1 heterocycles. The smallest absolute Gasteiger partial charge is 0.0455 e. The molecule has 0 aromatic carbocycles. The normalized spacial score (nSPS) is 14.8. The number of allylic oxidation sites excluding steroid dienone is 2. The van der Waals surface area contributed by atoms with Crippen LogP contribution in [0.1, 0.15) is 25.1 Å². The number of rotatable bonds is 1. The molecule has 0 radical (unpaired) electrons. The maximum absolute atomic E-state index is 3.36. The van der Waals surface area contributed by atoms with Crippen molar-refractivity contribution in [1.82, 2.24) is 4.98 Å². The van der Waals surface area contributed by atoms with Gasteiger partial charge >= 0.3 is 0 Å². The summed E-state index contributed by atoms with van der Waals surface area (Å²) in [6, 6.07) is 0. The van der Waals surface area contributed by atoms with E-state index in [9.17, 15) is 0 Å². The molecule has 1 aromatic rings. The number of hydrogen-bond acceptors (Lipinski definition) is 0. The number of nitrogens with one attached hydrogen (secondary N) is 1. The molecule has 0 bridgehead atoms. The minimum atomic E-state index is 1.20. The van der Waals surface area contributed by atoms with Gasteiger partial charge in [0.05, 0.1) is 0 Å². The Hall–Kier alpha value is -1.24. The average Bonchev–Trinajstić information content (AvgIpc) is 2.39. The first-order chi connectivity index (χ1) is 6.20. The fraction of sp³-hybridized carbons (Fsp3) is 0.333. The summed E-state index contributed by atoms with van der Waals surface area (Å²) < 4.78 is 0. The van der Waals surface area contributed by atoms with Crippen LogP contribution in [-0.2, 0) is 0 Å². The monoisotopic (exact) mass is 175 g/mol. The summed E-state index contributed by atoms with van der Waals surface area (Å²) in [6.45, 7) is 8.35. The van der Waals surface area contributed by atoms with Crippen LogP contribution in [0, 0.1) is 13.8 Å². The van der Waals surface area contributed by atoms with Crippen LogP contribution in [0.25, 0.3) is 12.2 Å². The Morgan fingerprint density at radius 2 is 1.85 bits per heavy atom. The second-order valence-electron chi connectivity index (χ2n) is 3.18. The van der Waals surface area contributed by atoms with E-state index in [0.717, 1.165) is 0 Å². The maximum Gasteiger partial charge on any atom is 0.0455 e. The van der Waals surface area contributed by atoms with Crippen molar-refractivity contribution >= 4 is 12.2 Å². The molecule has 0 fully saturated rings. The molecule has 70 valence electrons. The van der Waals surface area contributed by atoms with Crippen molar-refractivity contribution in [2.75, 3.05) is 0 Å². The van der Waals surface area contributed by atoms with Crippen molar-refractivity contribution in [2.45, 2.75) is 27.7 Å².